The Kier molecular flexibility index (Phi) is 9.96. The van der Waals surface area contributed by atoms with Gasteiger partial charge in [-0.1, -0.05) is 52.0 Å². The van der Waals surface area contributed by atoms with Crippen LogP contribution in [0, 0.1) is 0 Å². The zero-order valence-electron chi connectivity index (χ0n) is 14.6. The predicted octanol–water partition coefficient (Wildman–Crippen LogP) is 3.64. The number of nitrogens with one attached hydrogen (secondary N) is 1. The molecule has 0 spiro atoms. The summed E-state index contributed by atoms with van der Waals surface area (Å²) in [7, 11) is 0. The molecule has 1 rings (SSSR count). The van der Waals surface area contributed by atoms with E-state index in [1.807, 2.05) is 4.90 Å². The number of carbonyl (C=O) groups is 1. The summed E-state index contributed by atoms with van der Waals surface area (Å²) >= 11 is 0. The van der Waals surface area contributed by atoms with Gasteiger partial charge in [-0.05, 0) is 19.4 Å². The summed E-state index contributed by atoms with van der Waals surface area (Å²) in [6, 6.07) is 0.597. The summed E-state index contributed by atoms with van der Waals surface area (Å²) < 4.78 is 0. The molecule has 128 valence electrons. The molecule has 1 aliphatic rings. The van der Waals surface area contributed by atoms with E-state index in [-0.39, 0.29) is 6.03 Å². The molecule has 4 heteroatoms. The van der Waals surface area contributed by atoms with Gasteiger partial charge in [0, 0.05) is 32.2 Å². The van der Waals surface area contributed by atoms with Gasteiger partial charge in [0.05, 0.1) is 0 Å². The van der Waals surface area contributed by atoms with Gasteiger partial charge in [0.2, 0.25) is 0 Å². The number of nitrogens with zero attached hydrogens (tertiary/aromatic N) is 2. The second-order valence-corrected chi connectivity index (χ2v) is 6.31. The molecule has 1 saturated heterocycles. The lowest BCUT2D eigenvalue weighted by Crippen LogP contribution is -2.56. The zero-order valence-corrected chi connectivity index (χ0v) is 14.6. The van der Waals surface area contributed by atoms with E-state index >= 15 is 0 Å². The molecule has 1 heterocycles. The first-order valence-electron chi connectivity index (χ1n) is 9.10. The Morgan fingerprint density at radius 2 is 1.91 bits per heavy atom. The van der Waals surface area contributed by atoms with Crippen LogP contribution in [0.5, 0.6) is 0 Å². The maximum absolute atomic E-state index is 12.1. The monoisotopic (exact) mass is 309 g/mol. The molecule has 1 atom stereocenters. The van der Waals surface area contributed by atoms with Crippen LogP contribution in [0.4, 0.5) is 4.79 Å². The van der Waals surface area contributed by atoms with Gasteiger partial charge in [0.1, 0.15) is 0 Å². The minimum atomic E-state index is 0.0635. The number of hydrogen-bond acceptors (Lipinski definition) is 2. The van der Waals surface area contributed by atoms with Gasteiger partial charge in [0.15, 0.2) is 0 Å². The van der Waals surface area contributed by atoms with Crippen molar-refractivity contribution < 1.29 is 4.79 Å². The van der Waals surface area contributed by atoms with E-state index in [1.165, 1.54) is 51.5 Å². The number of piperazine rings is 1. The first-order chi connectivity index (χ1) is 10.7. The van der Waals surface area contributed by atoms with Gasteiger partial charge in [-0.15, -0.1) is 6.58 Å². The fourth-order valence-electron chi connectivity index (χ4n) is 3.11. The molecule has 4 nitrogen and oxygen atoms in total. The maximum atomic E-state index is 12.1. The van der Waals surface area contributed by atoms with E-state index in [1.54, 1.807) is 6.08 Å². The van der Waals surface area contributed by atoms with Crippen LogP contribution in [0.2, 0.25) is 0 Å². The molecule has 1 N–H and O–H groups in total. The van der Waals surface area contributed by atoms with Crippen molar-refractivity contribution in [3.63, 3.8) is 0 Å². The molecular weight excluding hydrogens is 274 g/mol. The van der Waals surface area contributed by atoms with Crippen molar-refractivity contribution in [1.82, 2.24) is 15.1 Å². The van der Waals surface area contributed by atoms with Crippen LogP contribution in [-0.4, -0.2) is 54.6 Å². The van der Waals surface area contributed by atoms with Crippen molar-refractivity contribution in [3.8, 4) is 0 Å². The van der Waals surface area contributed by atoms with E-state index in [0.29, 0.717) is 12.6 Å². The first kappa shape index (κ1) is 19.0. The Morgan fingerprint density at radius 3 is 2.59 bits per heavy atom. The summed E-state index contributed by atoms with van der Waals surface area (Å²) in [6.07, 6.45) is 10.6. The highest BCUT2D eigenvalue weighted by atomic mass is 16.2. The van der Waals surface area contributed by atoms with Gasteiger partial charge < -0.3 is 10.2 Å². The SMILES string of the molecule is C=CCNC(=O)N1CCN(CCCCC)[C@H](CCCCC)C1. The van der Waals surface area contributed by atoms with Crippen LogP contribution in [0.3, 0.4) is 0 Å². The predicted molar refractivity (Wildman–Crippen MR) is 94.2 cm³/mol. The van der Waals surface area contributed by atoms with Gasteiger partial charge in [-0.2, -0.15) is 0 Å². The number of amides is 2. The van der Waals surface area contributed by atoms with E-state index in [4.69, 9.17) is 0 Å². The molecule has 1 fully saturated rings. The Hall–Kier alpha value is -1.03. The molecule has 0 aromatic heterocycles. The van der Waals surface area contributed by atoms with E-state index in [0.717, 1.165) is 19.6 Å². The summed E-state index contributed by atoms with van der Waals surface area (Å²) in [5, 5.41) is 2.91. The van der Waals surface area contributed by atoms with Crippen molar-refractivity contribution in [2.45, 2.75) is 64.8 Å². The molecule has 0 aliphatic carbocycles. The molecule has 1 aliphatic heterocycles. The van der Waals surface area contributed by atoms with Gasteiger partial charge >= 0.3 is 6.03 Å². The van der Waals surface area contributed by atoms with Gasteiger partial charge in [0.25, 0.3) is 0 Å². The third kappa shape index (κ3) is 6.82. The fourth-order valence-corrected chi connectivity index (χ4v) is 3.11. The zero-order chi connectivity index (χ0) is 16.2. The molecule has 0 bridgehead atoms. The average Bonchev–Trinajstić information content (AvgIpc) is 2.54. The Labute approximate surface area is 136 Å². The van der Waals surface area contributed by atoms with Gasteiger partial charge in [-0.25, -0.2) is 4.79 Å². The van der Waals surface area contributed by atoms with E-state index < -0.39 is 0 Å². The van der Waals surface area contributed by atoms with Crippen molar-refractivity contribution in [3.05, 3.63) is 12.7 Å². The summed E-state index contributed by atoms with van der Waals surface area (Å²) in [5.41, 5.74) is 0. The quantitative estimate of drug-likeness (QED) is 0.494. The lowest BCUT2D eigenvalue weighted by molar-refractivity contribution is 0.0822. The number of rotatable bonds is 10. The van der Waals surface area contributed by atoms with Crippen LogP contribution < -0.4 is 5.32 Å². The molecule has 0 aromatic rings. The minimum Gasteiger partial charge on any atom is -0.335 e. The van der Waals surface area contributed by atoms with Crippen LogP contribution >= 0.6 is 0 Å². The lowest BCUT2D eigenvalue weighted by atomic mass is 10.0. The van der Waals surface area contributed by atoms with Crippen molar-refractivity contribution in [2.75, 3.05) is 32.7 Å². The van der Waals surface area contributed by atoms with Crippen molar-refractivity contribution >= 4 is 6.03 Å². The number of carbonyl (C=O) groups excluding carboxylic acids is 1. The minimum absolute atomic E-state index is 0.0635. The lowest BCUT2D eigenvalue weighted by Gasteiger charge is -2.41. The standard InChI is InChI=1S/C18H35N3O/c1-4-7-9-11-17-16-21(18(22)19-12-6-3)15-14-20(17)13-10-8-5-2/h6,17H,3-5,7-16H2,1-2H3,(H,19,22)/t17-/m1/s1. The number of hydrogen-bond donors (Lipinski definition) is 1. The summed E-state index contributed by atoms with van der Waals surface area (Å²) in [5.74, 6) is 0. The maximum Gasteiger partial charge on any atom is 0.317 e. The number of unbranched alkanes of at least 4 members (excludes halogenated alkanes) is 4. The molecule has 22 heavy (non-hydrogen) atoms. The highest BCUT2D eigenvalue weighted by Gasteiger charge is 2.28. The van der Waals surface area contributed by atoms with Gasteiger partial charge in [-0.3, -0.25) is 4.90 Å². The van der Waals surface area contributed by atoms with Crippen LogP contribution in [0.15, 0.2) is 12.7 Å². The summed E-state index contributed by atoms with van der Waals surface area (Å²) in [4.78, 5) is 16.7. The molecular formula is C18H35N3O. The second-order valence-electron chi connectivity index (χ2n) is 6.31. The molecule has 2 amide bonds. The Bertz CT molecular complexity index is 319. The molecule has 0 unspecified atom stereocenters. The van der Waals surface area contributed by atoms with Crippen LogP contribution in [-0.2, 0) is 0 Å². The smallest absolute Gasteiger partial charge is 0.317 e. The third-order valence-corrected chi connectivity index (χ3v) is 4.48. The fraction of sp³-hybridized carbons (Fsp3) is 0.833. The first-order valence-corrected chi connectivity index (χ1v) is 9.10. The van der Waals surface area contributed by atoms with E-state index in [9.17, 15) is 4.79 Å². The third-order valence-electron chi connectivity index (χ3n) is 4.48. The molecule has 0 saturated carbocycles. The normalized spacial score (nSPS) is 19.2. The summed E-state index contributed by atoms with van der Waals surface area (Å²) in [6.45, 7) is 12.6. The highest BCUT2D eigenvalue weighted by Crippen LogP contribution is 2.17. The molecule has 0 radical (unpaired) electrons. The topological polar surface area (TPSA) is 35.6 Å². The Morgan fingerprint density at radius 1 is 1.18 bits per heavy atom. The van der Waals surface area contributed by atoms with Crippen molar-refractivity contribution in [1.29, 1.82) is 0 Å². The number of urea groups is 1. The van der Waals surface area contributed by atoms with Crippen LogP contribution in [0.25, 0.3) is 0 Å². The highest BCUT2D eigenvalue weighted by molar-refractivity contribution is 5.74. The average molecular weight is 309 g/mol. The Balaban J connectivity index is 2.50. The molecule has 0 aromatic carbocycles. The van der Waals surface area contributed by atoms with Crippen molar-refractivity contribution in [2.24, 2.45) is 0 Å². The largest absolute Gasteiger partial charge is 0.335 e. The van der Waals surface area contributed by atoms with Crippen LogP contribution in [0.1, 0.15) is 58.8 Å². The second kappa shape index (κ2) is 11.5. The van der Waals surface area contributed by atoms with E-state index in [2.05, 4.69) is 30.6 Å².